The maximum atomic E-state index is 14.5. The third kappa shape index (κ3) is 9.39. The molecule has 2 aromatic rings. The van der Waals surface area contributed by atoms with Crippen molar-refractivity contribution in [3.05, 3.63) is 36.4 Å². The topological polar surface area (TPSA) is 204 Å². The van der Waals surface area contributed by atoms with Crippen LogP contribution in [0.1, 0.15) is 59.3 Å². The van der Waals surface area contributed by atoms with E-state index in [1.165, 1.54) is 4.90 Å². The van der Waals surface area contributed by atoms with Gasteiger partial charge in [0.05, 0.1) is 38.7 Å². The average Bonchev–Trinajstić information content (AvgIpc) is 4.09. The van der Waals surface area contributed by atoms with Gasteiger partial charge in [-0.25, -0.2) is 13.2 Å². The third-order valence-corrected chi connectivity index (χ3v) is 12.5. The Morgan fingerprint density at radius 2 is 1.84 bits per heavy atom. The molecule has 5 atom stereocenters. The van der Waals surface area contributed by atoms with Crippen LogP contribution in [0.5, 0.6) is 11.6 Å². The number of methoxy groups -OCH3 is 1. The van der Waals surface area contributed by atoms with E-state index in [0.29, 0.717) is 68.9 Å². The van der Waals surface area contributed by atoms with Crippen molar-refractivity contribution < 1.29 is 51.3 Å². The van der Waals surface area contributed by atoms with Crippen LogP contribution in [0.2, 0.25) is 0 Å². The predicted molar refractivity (Wildman–Crippen MR) is 207 cm³/mol. The first-order valence-electron chi connectivity index (χ1n) is 19.6. The summed E-state index contributed by atoms with van der Waals surface area (Å²) < 4.78 is 57.0. The molecule has 1 aromatic heterocycles. The van der Waals surface area contributed by atoms with E-state index in [4.69, 9.17) is 28.7 Å². The second-order valence-corrected chi connectivity index (χ2v) is 18.2. The van der Waals surface area contributed by atoms with E-state index in [1.807, 2.05) is 30.4 Å². The maximum absolute atomic E-state index is 14.5. The van der Waals surface area contributed by atoms with Gasteiger partial charge in [0.15, 0.2) is 0 Å². The van der Waals surface area contributed by atoms with Crippen LogP contribution in [0.15, 0.2) is 36.4 Å². The number of fused-ring (bicyclic) bond motifs is 3. The summed E-state index contributed by atoms with van der Waals surface area (Å²) in [6, 6.07) is 5.04. The van der Waals surface area contributed by atoms with Gasteiger partial charge in [-0.2, -0.15) is 4.98 Å². The van der Waals surface area contributed by atoms with E-state index in [2.05, 4.69) is 20.3 Å². The van der Waals surface area contributed by atoms with Gasteiger partial charge in [-0.3, -0.25) is 19.1 Å². The molecule has 2 aliphatic carbocycles. The standard InChI is InChI=1S/C39H52N6O11S/c1-38(2,3)56-37(49)40-30-23-54-15-7-5-6-8-25-21-39(25,36(48)43-57(50,51)28-10-11-28)42-33(46)31-20-27(22-45(31)35(30)47)55-34-29-12-9-26(52-4)18-24(29)19-32(41-34)44-13-16-53-17-14-44/h6,8-9,12,18-19,25,27-28,30-31H,5,7,10-11,13-17,20-23H2,1-4H3,(H,40,49)(H,42,46)(H,43,48)/b8-6-/t25-,27?,30+,31+,39-/m1/s1. The number of anilines is 1. The quantitative estimate of drug-likeness (QED) is 0.328. The number of benzene rings is 1. The van der Waals surface area contributed by atoms with E-state index in [9.17, 15) is 27.6 Å². The zero-order chi connectivity index (χ0) is 40.5. The van der Waals surface area contributed by atoms with E-state index in [1.54, 1.807) is 33.9 Å². The number of alkyl carbamates (subject to hydrolysis) is 1. The Labute approximate surface area is 332 Å². The monoisotopic (exact) mass is 812 g/mol. The Morgan fingerprint density at radius 3 is 2.56 bits per heavy atom. The summed E-state index contributed by atoms with van der Waals surface area (Å²) >= 11 is 0. The summed E-state index contributed by atoms with van der Waals surface area (Å²) in [5, 5.41) is 6.36. The molecule has 2 saturated heterocycles. The van der Waals surface area contributed by atoms with Gasteiger partial charge in [-0.05, 0) is 82.5 Å². The second-order valence-electron chi connectivity index (χ2n) is 16.2. The lowest BCUT2D eigenvalue weighted by molar-refractivity contribution is -0.142. The van der Waals surface area contributed by atoms with Crippen LogP contribution in [0, 0.1) is 5.92 Å². The van der Waals surface area contributed by atoms with Crippen LogP contribution in [-0.4, -0.2) is 130 Å². The predicted octanol–water partition coefficient (Wildman–Crippen LogP) is 2.17. The number of pyridine rings is 1. The zero-order valence-corrected chi connectivity index (χ0v) is 33.6. The van der Waals surface area contributed by atoms with Crippen molar-refractivity contribution in [2.24, 2.45) is 5.92 Å². The van der Waals surface area contributed by atoms with Gasteiger partial charge in [0.2, 0.25) is 27.7 Å². The highest BCUT2D eigenvalue weighted by atomic mass is 32.2. The number of nitrogens with one attached hydrogen (secondary N) is 3. The van der Waals surface area contributed by atoms with Gasteiger partial charge in [-0.15, -0.1) is 0 Å². The minimum absolute atomic E-state index is 0.00270. The van der Waals surface area contributed by atoms with Gasteiger partial charge in [0, 0.05) is 37.4 Å². The molecule has 3 aliphatic heterocycles. The molecule has 4 heterocycles. The normalized spacial score (nSPS) is 27.9. The van der Waals surface area contributed by atoms with Crippen molar-refractivity contribution in [1.29, 1.82) is 0 Å². The molecule has 5 aliphatic rings. The second kappa shape index (κ2) is 16.3. The van der Waals surface area contributed by atoms with Crippen LogP contribution in [0.4, 0.5) is 10.6 Å². The van der Waals surface area contributed by atoms with Gasteiger partial charge in [0.25, 0.3) is 5.91 Å². The first-order valence-corrected chi connectivity index (χ1v) is 21.1. The Kier molecular flexibility index (Phi) is 11.6. The molecule has 18 heteroatoms. The SMILES string of the molecule is COc1ccc2c(OC3C[C@H]4C(=O)N[C@]5(C(=O)NS(=O)(=O)C6CC6)C[C@H]5/C=C\CCCOC[C@H](NC(=O)OC(C)(C)C)C(=O)N4C3)nc(N3CCOCC3)cc2c1. The van der Waals surface area contributed by atoms with E-state index < -0.39 is 74.3 Å². The first kappa shape index (κ1) is 40.5. The minimum atomic E-state index is -3.92. The van der Waals surface area contributed by atoms with E-state index in [-0.39, 0.29) is 38.5 Å². The molecule has 0 radical (unpaired) electrons. The van der Waals surface area contributed by atoms with Crippen LogP contribution in [0.25, 0.3) is 10.8 Å². The molecule has 2 saturated carbocycles. The lowest BCUT2D eigenvalue weighted by atomic mass is 10.1. The smallest absolute Gasteiger partial charge is 0.408 e. The van der Waals surface area contributed by atoms with Crippen molar-refractivity contribution >= 4 is 50.4 Å². The molecule has 4 fully saturated rings. The lowest BCUT2D eigenvalue weighted by Crippen LogP contribution is -2.59. The van der Waals surface area contributed by atoms with Crippen LogP contribution < -0.4 is 29.7 Å². The van der Waals surface area contributed by atoms with Crippen molar-refractivity contribution in [3.8, 4) is 11.6 Å². The summed E-state index contributed by atoms with van der Waals surface area (Å²) in [7, 11) is -2.34. The Balaban J connectivity index is 1.21. The fourth-order valence-electron chi connectivity index (χ4n) is 7.45. The number of allylic oxidation sites excluding steroid dienone is 1. The molecule has 0 bridgehead atoms. The molecule has 3 N–H and O–H groups in total. The number of rotatable bonds is 8. The van der Waals surface area contributed by atoms with Crippen LogP contribution in [0.3, 0.4) is 0 Å². The fourth-order valence-corrected chi connectivity index (χ4v) is 8.82. The molecule has 4 amide bonds. The van der Waals surface area contributed by atoms with Gasteiger partial charge >= 0.3 is 6.09 Å². The van der Waals surface area contributed by atoms with Gasteiger partial charge < -0.3 is 44.1 Å². The summed E-state index contributed by atoms with van der Waals surface area (Å²) in [6.45, 7) is 7.41. The summed E-state index contributed by atoms with van der Waals surface area (Å²) in [4.78, 5) is 64.2. The summed E-state index contributed by atoms with van der Waals surface area (Å²) in [5.41, 5.74) is -2.40. The molecule has 57 heavy (non-hydrogen) atoms. The average molecular weight is 813 g/mol. The van der Waals surface area contributed by atoms with Crippen molar-refractivity contribution in [1.82, 2.24) is 25.2 Å². The van der Waals surface area contributed by atoms with Crippen molar-refractivity contribution in [2.45, 2.75) is 93.9 Å². The molecular formula is C39H52N6O11S. The molecule has 1 unspecified atom stereocenters. The van der Waals surface area contributed by atoms with Crippen LogP contribution >= 0.6 is 0 Å². The lowest BCUT2D eigenvalue weighted by Gasteiger charge is -2.30. The number of hydrogen-bond acceptors (Lipinski definition) is 13. The first-order chi connectivity index (χ1) is 27.2. The molecule has 0 spiro atoms. The van der Waals surface area contributed by atoms with E-state index in [0.717, 1.165) is 5.39 Å². The Hall–Kier alpha value is -4.68. The molecule has 17 nitrogen and oxygen atoms in total. The zero-order valence-electron chi connectivity index (χ0n) is 32.8. The number of carbonyl (C=O) groups excluding carboxylic acids is 4. The number of carbonyl (C=O) groups is 4. The molecule has 1 aromatic carbocycles. The minimum Gasteiger partial charge on any atom is -0.497 e. The van der Waals surface area contributed by atoms with Crippen LogP contribution in [-0.2, 0) is 38.6 Å². The number of aromatic nitrogens is 1. The maximum Gasteiger partial charge on any atom is 0.408 e. The molecule has 310 valence electrons. The largest absolute Gasteiger partial charge is 0.497 e. The van der Waals surface area contributed by atoms with Gasteiger partial charge in [-0.1, -0.05) is 12.2 Å². The highest BCUT2D eigenvalue weighted by molar-refractivity contribution is 7.91. The highest BCUT2D eigenvalue weighted by Gasteiger charge is 2.62. The molecular weight excluding hydrogens is 761 g/mol. The number of sulfonamides is 1. The number of morpholine rings is 1. The fraction of sp³-hybridized carbons (Fsp3) is 0.615. The Morgan fingerprint density at radius 1 is 1.07 bits per heavy atom. The number of nitrogens with zero attached hydrogens (tertiary/aromatic N) is 3. The highest BCUT2D eigenvalue weighted by Crippen LogP contribution is 2.46. The van der Waals surface area contributed by atoms with Crippen molar-refractivity contribution in [2.75, 3.05) is 58.1 Å². The Bertz CT molecular complexity index is 2010. The number of amides is 4. The summed E-state index contributed by atoms with van der Waals surface area (Å²) in [5.74, 6) is -0.981. The number of hydrogen-bond donors (Lipinski definition) is 3. The molecule has 7 rings (SSSR count). The van der Waals surface area contributed by atoms with E-state index >= 15 is 0 Å². The van der Waals surface area contributed by atoms with Crippen molar-refractivity contribution in [3.63, 3.8) is 0 Å². The van der Waals surface area contributed by atoms with Gasteiger partial charge in [0.1, 0.15) is 40.9 Å². The summed E-state index contributed by atoms with van der Waals surface area (Å²) in [6.07, 6.45) is 4.30. The number of ether oxygens (including phenoxy) is 5. The third-order valence-electron chi connectivity index (χ3n) is 10.7.